The van der Waals surface area contributed by atoms with Gasteiger partial charge in [-0.15, -0.1) is 0 Å². The molecule has 110 valence electrons. The summed E-state index contributed by atoms with van der Waals surface area (Å²) in [5, 5.41) is 5.66. The van der Waals surface area contributed by atoms with Gasteiger partial charge in [0.25, 0.3) is 5.91 Å². The van der Waals surface area contributed by atoms with E-state index < -0.39 is 10.0 Å². The van der Waals surface area contributed by atoms with Crippen LogP contribution in [0.4, 0.5) is 0 Å². The van der Waals surface area contributed by atoms with E-state index in [1.807, 2.05) is 0 Å². The van der Waals surface area contributed by atoms with Gasteiger partial charge in [-0.1, -0.05) is 0 Å². The first-order chi connectivity index (χ1) is 9.53. The highest BCUT2D eigenvalue weighted by Gasteiger charge is 2.27. The smallest absolute Gasteiger partial charge is 0.251 e. The monoisotopic (exact) mass is 297 g/mol. The highest BCUT2D eigenvalue weighted by molar-refractivity contribution is 7.89. The van der Waals surface area contributed by atoms with Crippen molar-refractivity contribution < 1.29 is 13.2 Å². The first-order valence-corrected chi connectivity index (χ1v) is 8.06. The van der Waals surface area contributed by atoms with Gasteiger partial charge in [-0.25, -0.2) is 13.1 Å². The molecule has 0 bridgehead atoms. The van der Waals surface area contributed by atoms with E-state index in [0.29, 0.717) is 18.7 Å². The maximum atomic E-state index is 12.0. The number of rotatable bonds is 7. The summed E-state index contributed by atoms with van der Waals surface area (Å²) in [6.07, 6.45) is 1.79. The lowest BCUT2D eigenvalue weighted by Crippen LogP contribution is -2.30. The molecule has 1 aromatic rings. The molecule has 1 fully saturated rings. The molecule has 2 rings (SSSR count). The molecule has 7 heteroatoms. The molecule has 6 nitrogen and oxygen atoms in total. The second kappa shape index (κ2) is 6.34. The average Bonchev–Trinajstić information content (AvgIpc) is 3.22. The number of carbonyl (C=O) groups is 1. The lowest BCUT2D eigenvalue weighted by Gasteiger charge is -2.07. The van der Waals surface area contributed by atoms with Crippen molar-refractivity contribution in [3.63, 3.8) is 0 Å². The predicted octanol–water partition coefficient (Wildman–Crippen LogP) is 0.0765. The van der Waals surface area contributed by atoms with Crippen molar-refractivity contribution in [2.45, 2.75) is 23.8 Å². The van der Waals surface area contributed by atoms with Crippen molar-refractivity contribution >= 4 is 15.9 Å². The first-order valence-electron chi connectivity index (χ1n) is 6.58. The van der Waals surface area contributed by atoms with Crippen LogP contribution in [0.15, 0.2) is 29.2 Å². The normalized spacial score (nSPS) is 15.1. The second-order valence-corrected chi connectivity index (χ2v) is 6.49. The second-order valence-electron chi connectivity index (χ2n) is 4.78. The van der Waals surface area contributed by atoms with E-state index >= 15 is 0 Å². The molecule has 0 radical (unpaired) electrons. The fourth-order valence-corrected chi connectivity index (χ4v) is 2.98. The molecule has 0 aromatic heterocycles. The Morgan fingerprint density at radius 3 is 2.40 bits per heavy atom. The largest absolute Gasteiger partial charge is 0.351 e. The number of hydrogen-bond acceptors (Lipinski definition) is 4. The summed E-state index contributed by atoms with van der Waals surface area (Å²) < 4.78 is 26.5. The third-order valence-corrected chi connectivity index (χ3v) is 4.52. The van der Waals surface area contributed by atoms with Crippen LogP contribution < -0.4 is 15.4 Å². The van der Waals surface area contributed by atoms with Crippen molar-refractivity contribution in [2.75, 3.05) is 20.1 Å². The van der Waals surface area contributed by atoms with Gasteiger partial charge in [-0.3, -0.25) is 4.79 Å². The fraction of sp³-hybridized carbons (Fsp3) is 0.462. The predicted molar refractivity (Wildman–Crippen MR) is 76.0 cm³/mol. The molecule has 0 heterocycles. The third-order valence-electron chi connectivity index (χ3n) is 2.99. The van der Waals surface area contributed by atoms with Crippen LogP contribution in [0.1, 0.15) is 23.2 Å². The van der Waals surface area contributed by atoms with Gasteiger partial charge in [-0.2, -0.15) is 0 Å². The summed E-state index contributed by atoms with van der Waals surface area (Å²) in [5.41, 5.74) is 0.450. The standard InChI is InChI=1S/C13H19N3O3S/c1-14-8-9-15-13(17)10-2-6-12(7-3-10)20(18,19)16-11-4-5-11/h2-3,6-7,11,14,16H,4-5,8-9H2,1H3,(H,15,17). The van der Waals surface area contributed by atoms with E-state index in [1.165, 1.54) is 24.3 Å². The molecule has 0 aliphatic heterocycles. The number of sulfonamides is 1. The summed E-state index contributed by atoms with van der Waals surface area (Å²) in [6.45, 7) is 1.21. The number of amides is 1. The minimum absolute atomic E-state index is 0.0736. The van der Waals surface area contributed by atoms with Crippen LogP contribution >= 0.6 is 0 Å². The quantitative estimate of drug-likeness (QED) is 0.622. The minimum atomic E-state index is -3.45. The number of benzene rings is 1. The van der Waals surface area contributed by atoms with Crippen molar-refractivity contribution in [3.05, 3.63) is 29.8 Å². The Hall–Kier alpha value is -1.44. The molecule has 0 atom stereocenters. The Morgan fingerprint density at radius 2 is 1.85 bits per heavy atom. The zero-order valence-corrected chi connectivity index (χ0v) is 12.2. The average molecular weight is 297 g/mol. The number of hydrogen-bond donors (Lipinski definition) is 3. The summed E-state index contributed by atoms with van der Waals surface area (Å²) in [6, 6.07) is 6.03. The highest BCUT2D eigenvalue weighted by atomic mass is 32.2. The van der Waals surface area contributed by atoms with E-state index in [2.05, 4.69) is 15.4 Å². The maximum absolute atomic E-state index is 12.0. The molecule has 0 spiro atoms. The van der Waals surface area contributed by atoms with E-state index in [1.54, 1.807) is 7.05 Å². The highest BCUT2D eigenvalue weighted by Crippen LogP contribution is 2.22. The van der Waals surface area contributed by atoms with E-state index in [0.717, 1.165) is 12.8 Å². The molecule has 3 N–H and O–H groups in total. The Morgan fingerprint density at radius 1 is 1.20 bits per heavy atom. The molecular formula is C13H19N3O3S. The molecule has 1 aliphatic carbocycles. The van der Waals surface area contributed by atoms with Crippen LogP contribution in [0.2, 0.25) is 0 Å². The van der Waals surface area contributed by atoms with Crippen LogP contribution in [0, 0.1) is 0 Å². The van der Waals surface area contributed by atoms with Crippen LogP contribution in [-0.4, -0.2) is 40.5 Å². The number of nitrogens with one attached hydrogen (secondary N) is 3. The zero-order chi connectivity index (χ0) is 14.6. The summed E-state index contributed by atoms with van der Waals surface area (Å²) in [4.78, 5) is 12.0. The van der Waals surface area contributed by atoms with Gasteiger partial charge in [0, 0.05) is 24.7 Å². The molecule has 1 amide bonds. The molecule has 20 heavy (non-hydrogen) atoms. The summed E-state index contributed by atoms with van der Waals surface area (Å²) in [7, 11) is -1.65. The van der Waals surface area contributed by atoms with Crippen LogP contribution in [-0.2, 0) is 10.0 Å². The summed E-state index contributed by atoms with van der Waals surface area (Å²) >= 11 is 0. The third kappa shape index (κ3) is 4.03. The lowest BCUT2D eigenvalue weighted by molar-refractivity contribution is 0.0954. The minimum Gasteiger partial charge on any atom is -0.351 e. The molecule has 1 saturated carbocycles. The number of likely N-dealkylation sites (N-methyl/N-ethyl adjacent to an activating group) is 1. The topological polar surface area (TPSA) is 87.3 Å². The molecule has 1 aliphatic rings. The van der Waals surface area contributed by atoms with Gasteiger partial charge in [0.15, 0.2) is 0 Å². The van der Waals surface area contributed by atoms with Gasteiger partial charge in [-0.05, 0) is 44.2 Å². The van der Waals surface area contributed by atoms with E-state index in [4.69, 9.17) is 0 Å². The van der Waals surface area contributed by atoms with Gasteiger partial charge in [0.05, 0.1) is 4.90 Å². The van der Waals surface area contributed by atoms with Gasteiger partial charge < -0.3 is 10.6 Å². The fourth-order valence-electron chi connectivity index (χ4n) is 1.68. The van der Waals surface area contributed by atoms with Gasteiger partial charge in [0.2, 0.25) is 10.0 Å². The Balaban J connectivity index is 2.00. The SMILES string of the molecule is CNCCNC(=O)c1ccc(S(=O)(=O)NC2CC2)cc1. The molecule has 0 saturated heterocycles. The Labute approximate surface area is 119 Å². The lowest BCUT2D eigenvalue weighted by atomic mass is 10.2. The van der Waals surface area contributed by atoms with E-state index in [9.17, 15) is 13.2 Å². The maximum Gasteiger partial charge on any atom is 0.251 e. The Kier molecular flexibility index (Phi) is 4.74. The van der Waals surface area contributed by atoms with Crippen molar-refractivity contribution in [3.8, 4) is 0 Å². The zero-order valence-electron chi connectivity index (χ0n) is 11.3. The molecule has 1 aromatic carbocycles. The molecular weight excluding hydrogens is 278 g/mol. The Bertz CT molecular complexity index is 565. The van der Waals surface area contributed by atoms with E-state index in [-0.39, 0.29) is 16.8 Å². The van der Waals surface area contributed by atoms with Gasteiger partial charge in [0.1, 0.15) is 0 Å². The van der Waals surface area contributed by atoms with Crippen molar-refractivity contribution in [1.29, 1.82) is 0 Å². The van der Waals surface area contributed by atoms with Gasteiger partial charge >= 0.3 is 0 Å². The molecule has 0 unspecified atom stereocenters. The van der Waals surface area contributed by atoms with Crippen molar-refractivity contribution in [1.82, 2.24) is 15.4 Å². The number of carbonyl (C=O) groups excluding carboxylic acids is 1. The van der Waals surface area contributed by atoms with Crippen molar-refractivity contribution in [2.24, 2.45) is 0 Å². The van der Waals surface area contributed by atoms with Crippen LogP contribution in [0.25, 0.3) is 0 Å². The summed E-state index contributed by atoms with van der Waals surface area (Å²) in [5.74, 6) is -0.209. The first kappa shape index (κ1) is 15.0. The van der Waals surface area contributed by atoms with Crippen LogP contribution in [0.3, 0.4) is 0 Å². The van der Waals surface area contributed by atoms with Crippen LogP contribution in [0.5, 0.6) is 0 Å².